The first-order valence-electron chi connectivity index (χ1n) is 8.34. The highest BCUT2D eigenvalue weighted by Crippen LogP contribution is 2.51. The monoisotopic (exact) mass is 309 g/mol. The first kappa shape index (κ1) is 14.4. The topological polar surface area (TPSA) is 29.1 Å². The normalized spacial score (nSPS) is 21.8. The van der Waals surface area contributed by atoms with Crippen LogP contribution < -0.4 is 5.32 Å². The second-order valence-electron chi connectivity index (χ2n) is 6.77. The van der Waals surface area contributed by atoms with E-state index in [0.717, 1.165) is 5.56 Å². The van der Waals surface area contributed by atoms with Crippen molar-refractivity contribution in [2.45, 2.75) is 44.4 Å². The fraction of sp³-hybridized carbons (Fsp3) is 0.350. The molecule has 0 heterocycles. The summed E-state index contributed by atoms with van der Waals surface area (Å²) in [6.45, 7) is 2.15. The van der Waals surface area contributed by atoms with Gasteiger partial charge in [0.15, 0.2) is 0 Å². The average molecular weight is 309 g/mol. The van der Waals surface area contributed by atoms with Gasteiger partial charge in [-0.3, -0.25) is 4.79 Å². The molecule has 118 valence electrons. The SMILES string of the molecule is Cc1ccc(C(=O)Nc2cccc(F)c2)c2c1C1CCC2CC1. The molecular weight excluding hydrogens is 289 g/mol. The van der Waals surface area contributed by atoms with Crippen molar-refractivity contribution >= 4 is 11.6 Å². The summed E-state index contributed by atoms with van der Waals surface area (Å²) >= 11 is 0. The van der Waals surface area contributed by atoms with Crippen LogP contribution in [0.25, 0.3) is 0 Å². The number of hydrogen-bond acceptors (Lipinski definition) is 1. The molecule has 1 N–H and O–H groups in total. The lowest BCUT2D eigenvalue weighted by Crippen LogP contribution is -2.27. The van der Waals surface area contributed by atoms with E-state index in [1.54, 1.807) is 12.1 Å². The Kier molecular flexibility index (Phi) is 3.44. The molecule has 0 unspecified atom stereocenters. The number of amides is 1. The molecule has 1 saturated carbocycles. The number of carbonyl (C=O) groups excluding carboxylic acids is 1. The van der Waals surface area contributed by atoms with Gasteiger partial charge in [0.05, 0.1) is 0 Å². The largest absolute Gasteiger partial charge is 0.322 e. The highest BCUT2D eigenvalue weighted by molar-refractivity contribution is 6.05. The van der Waals surface area contributed by atoms with Gasteiger partial charge < -0.3 is 5.32 Å². The fourth-order valence-electron chi connectivity index (χ4n) is 4.36. The minimum Gasteiger partial charge on any atom is -0.322 e. The van der Waals surface area contributed by atoms with Gasteiger partial charge in [-0.25, -0.2) is 4.39 Å². The molecule has 1 amide bonds. The number of hydrogen-bond donors (Lipinski definition) is 1. The number of aryl methyl sites for hydroxylation is 1. The smallest absolute Gasteiger partial charge is 0.255 e. The van der Waals surface area contributed by atoms with Crippen LogP contribution in [0.2, 0.25) is 0 Å². The molecule has 2 aromatic rings. The molecule has 3 aliphatic rings. The van der Waals surface area contributed by atoms with Crippen LogP contribution in [-0.2, 0) is 0 Å². The van der Waals surface area contributed by atoms with E-state index < -0.39 is 0 Å². The van der Waals surface area contributed by atoms with E-state index in [0.29, 0.717) is 17.5 Å². The summed E-state index contributed by atoms with van der Waals surface area (Å²) in [5, 5.41) is 2.85. The summed E-state index contributed by atoms with van der Waals surface area (Å²) in [5.41, 5.74) is 5.23. The van der Waals surface area contributed by atoms with Crippen molar-refractivity contribution in [3.05, 3.63) is 64.5 Å². The predicted octanol–water partition coefficient (Wildman–Crippen LogP) is 5.14. The Hall–Kier alpha value is -2.16. The Morgan fingerprint density at radius 1 is 1.04 bits per heavy atom. The van der Waals surface area contributed by atoms with E-state index in [1.165, 1.54) is 54.5 Å². The second kappa shape index (κ2) is 5.48. The van der Waals surface area contributed by atoms with E-state index in [2.05, 4.69) is 18.3 Å². The maximum Gasteiger partial charge on any atom is 0.255 e. The number of anilines is 1. The van der Waals surface area contributed by atoms with Gasteiger partial charge >= 0.3 is 0 Å². The minimum absolute atomic E-state index is 0.126. The zero-order valence-electron chi connectivity index (χ0n) is 13.2. The van der Waals surface area contributed by atoms with Gasteiger partial charge in [0.1, 0.15) is 5.82 Å². The van der Waals surface area contributed by atoms with Crippen molar-refractivity contribution in [2.24, 2.45) is 0 Å². The first-order chi connectivity index (χ1) is 11.1. The molecule has 1 fully saturated rings. The Morgan fingerprint density at radius 3 is 2.43 bits per heavy atom. The van der Waals surface area contributed by atoms with Crippen LogP contribution in [0.3, 0.4) is 0 Å². The molecule has 3 aliphatic carbocycles. The number of fused-ring (bicyclic) bond motifs is 2. The first-order valence-corrected chi connectivity index (χ1v) is 8.34. The Morgan fingerprint density at radius 2 is 1.74 bits per heavy atom. The Bertz CT molecular complexity index is 775. The van der Waals surface area contributed by atoms with E-state index in [4.69, 9.17) is 0 Å². The summed E-state index contributed by atoms with van der Waals surface area (Å²) in [7, 11) is 0. The third-order valence-electron chi connectivity index (χ3n) is 5.38. The Labute approximate surface area is 135 Å². The van der Waals surface area contributed by atoms with E-state index in [-0.39, 0.29) is 11.7 Å². The molecule has 0 spiro atoms. The van der Waals surface area contributed by atoms with Crippen molar-refractivity contribution in [1.29, 1.82) is 0 Å². The second-order valence-corrected chi connectivity index (χ2v) is 6.77. The predicted molar refractivity (Wildman–Crippen MR) is 89.5 cm³/mol. The maximum absolute atomic E-state index is 13.3. The van der Waals surface area contributed by atoms with Crippen molar-refractivity contribution in [3.8, 4) is 0 Å². The molecular formula is C20H20FNO. The molecule has 0 aromatic heterocycles. The summed E-state index contributed by atoms with van der Waals surface area (Å²) in [6, 6.07) is 10.0. The summed E-state index contributed by atoms with van der Waals surface area (Å²) in [5.74, 6) is 0.646. The third kappa shape index (κ3) is 2.44. The number of nitrogens with one attached hydrogen (secondary N) is 1. The number of benzene rings is 2. The van der Waals surface area contributed by atoms with Crippen LogP contribution in [0.15, 0.2) is 36.4 Å². The molecule has 2 bridgehead atoms. The number of halogens is 1. The molecule has 3 heteroatoms. The average Bonchev–Trinajstić information content (AvgIpc) is 2.56. The maximum atomic E-state index is 13.3. The van der Waals surface area contributed by atoms with Crippen LogP contribution >= 0.6 is 0 Å². The number of rotatable bonds is 2. The van der Waals surface area contributed by atoms with Gasteiger partial charge in [-0.1, -0.05) is 12.1 Å². The highest BCUT2D eigenvalue weighted by Gasteiger charge is 2.36. The van der Waals surface area contributed by atoms with Crippen LogP contribution in [0, 0.1) is 12.7 Å². The van der Waals surface area contributed by atoms with Crippen molar-refractivity contribution < 1.29 is 9.18 Å². The number of carbonyl (C=O) groups is 1. The van der Waals surface area contributed by atoms with Crippen LogP contribution in [-0.4, -0.2) is 5.91 Å². The van der Waals surface area contributed by atoms with Crippen LogP contribution in [0.1, 0.15) is 64.6 Å². The van der Waals surface area contributed by atoms with Gasteiger partial charge in [-0.2, -0.15) is 0 Å². The lowest BCUT2D eigenvalue weighted by atomic mass is 9.64. The van der Waals surface area contributed by atoms with Gasteiger partial charge in [0.25, 0.3) is 5.91 Å². The lowest BCUT2D eigenvalue weighted by molar-refractivity contribution is 0.102. The Balaban J connectivity index is 1.72. The lowest BCUT2D eigenvalue weighted by Gasteiger charge is -2.40. The zero-order valence-corrected chi connectivity index (χ0v) is 13.2. The van der Waals surface area contributed by atoms with Gasteiger partial charge in [0.2, 0.25) is 0 Å². The van der Waals surface area contributed by atoms with Crippen molar-refractivity contribution in [1.82, 2.24) is 0 Å². The molecule has 0 aliphatic heterocycles. The van der Waals surface area contributed by atoms with E-state index >= 15 is 0 Å². The zero-order chi connectivity index (χ0) is 16.0. The third-order valence-corrected chi connectivity index (χ3v) is 5.38. The van der Waals surface area contributed by atoms with Gasteiger partial charge in [-0.05, 0) is 85.4 Å². The molecule has 23 heavy (non-hydrogen) atoms. The van der Waals surface area contributed by atoms with E-state index in [9.17, 15) is 9.18 Å². The molecule has 2 nitrogen and oxygen atoms in total. The van der Waals surface area contributed by atoms with Gasteiger partial charge in [0, 0.05) is 11.3 Å². The minimum atomic E-state index is -0.340. The van der Waals surface area contributed by atoms with Crippen molar-refractivity contribution in [3.63, 3.8) is 0 Å². The molecule has 0 atom stereocenters. The van der Waals surface area contributed by atoms with Crippen LogP contribution in [0.5, 0.6) is 0 Å². The highest BCUT2D eigenvalue weighted by atomic mass is 19.1. The van der Waals surface area contributed by atoms with Crippen LogP contribution in [0.4, 0.5) is 10.1 Å². The molecule has 0 radical (unpaired) electrons. The fourth-order valence-corrected chi connectivity index (χ4v) is 4.36. The summed E-state index contributed by atoms with van der Waals surface area (Å²) < 4.78 is 13.3. The summed E-state index contributed by atoms with van der Waals surface area (Å²) in [6.07, 6.45) is 4.85. The molecule has 5 rings (SSSR count). The standard InChI is InChI=1S/C20H20FNO/c1-12-5-10-17(19-14-8-6-13(7-9-14)18(12)19)20(23)22-16-4-2-3-15(21)11-16/h2-5,10-11,13-14H,6-9H2,1H3,(H,22,23). The summed E-state index contributed by atoms with van der Waals surface area (Å²) in [4.78, 5) is 12.8. The molecule has 0 saturated heterocycles. The van der Waals surface area contributed by atoms with Gasteiger partial charge in [-0.15, -0.1) is 0 Å². The van der Waals surface area contributed by atoms with E-state index in [1.807, 2.05) is 6.07 Å². The quantitative estimate of drug-likeness (QED) is 0.817. The molecule has 2 aromatic carbocycles. The van der Waals surface area contributed by atoms with Crippen molar-refractivity contribution in [2.75, 3.05) is 5.32 Å².